The Balaban J connectivity index is 2.08. The molecule has 0 saturated heterocycles. The number of aliphatic hydroxyl groups excluding tert-OH is 1. The first-order chi connectivity index (χ1) is 14.2. The standard InChI is InChI=1S/C22H30BN3O4/c1-14(2)10-21(23(4)30)26-22(29)17(15(3)27)11-20(28)19-13-24-18(12-25-19)16-8-6-5-7-9-16/h5-9,12-15,17,21,27,30H,10-11H2,1-4H3,(H,26,29)/t15-,17+,21+/m1/s1. The quantitative estimate of drug-likeness (QED) is 0.409. The van der Waals surface area contributed by atoms with E-state index in [0.717, 1.165) is 5.56 Å². The topological polar surface area (TPSA) is 112 Å². The fraction of sp³-hybridized carbons (Fsp3) is 0.455. The summed E-state index contributed by atoms with van der Waals surface area (Å²) in [5.41, 5.74) is 1.67. The van der Waals surface area contributed by atoms with Crippen LogP contribution in [0.4, 0.5) is 0 Å². The van der Waals surface area contributed by atoms with Crippen LogP contribution in [-0.2, 0) is 4.79 Å². The van der Waals surface area contributed by atoms with Crippen LogP contribution >= 0.6 is 0 Å². The summed E-state index contributed by atoms with van der Waals surface area (Å²) in [6.45, 7) is 6.34. The molecule has 30 heavy (non-hydrogen) atoms. The first-order valence-electron chi connectivity index (χ1n) is 10.3. The number of carbonyl (C=O) groups excluding carboxylic acids is 2. The second-order valence-corrected chi connectivity index (χ2v) is 8.11. The van der Waals surface area contributed by atoms with Gasteiger partial charge < -0.3 is 15.4 Å². The summed E-state index contributed by atoms with van der Waals surface area (Å²) in [4.78, 5) is 33.9. The fourth-order valence-electron chi connectivity index (χ4n) is 3.19. The minimum absolute atomic E-state index is 0.141. The van der Waals surface area contributed by atoms with Gasteiger partial charge in [-0.25, -0.2) is 4.98 Å². The number of hydrogen-bond donors (Lipinski definition) is 3. The molecule has 160 valence electrons. The van der Waals surface area contributed by atoms with E-state index in [-0.39, 0.29) is 23.8 Å². The normalized spacial score (nSPS) is 14.1. The Morgan fingerprint density at radius 2 is 1.77 bits per heavy atom. The Bertz CT molecular complexity index is 826. The van der Waals surface area contributed by atoms with Crippen molar-refractivity contribution < 1.29 is 19.7 Å². The van der Waals surface area contributed by atoms with Crippen LogP contribution in [0.5, 0.6) is 0 Å². The highest BCUT2D eigenvalue weighted by atomic mass is 16.3. The van der Waals surface area contributed by atoms with Crippen LogP contribution in [0.2, 0.25) is 6.82 Å². The molecule has 0 saturated carbocycles. The fourth-order valence-corrected chi connectivity index (χ4v) is 3.19. The minimum Gasteiger partial charge on any atom is -0.449 e. The van der Waals surface area contributed by atoms with Crippen LogP contribution < -0.4 is 5.32 Å². The summed E-state index contributed by atoms with van der Waals surface area (Å²) >= 11 is 0. The number of rotatable bonds is 10. The Labute approximate surface area is 178 Å². The molecular formula is C22H30BN3O4. The minimum atomic E-state index is -1.03. The van der Waals surface area contributed by atoms with Crippen LogP contribution in [0, 0.1) is 11.8 Å². The highest BCUT2D eigenvalue weighted by molar-refractivity contribution is 6.51. The van der Waals surface area contributed by atoms with Gasteiger partial charge in [0.15, 0.2) is 5.78 Å². The number of amides is 1. The van der Waals surface area contributed by atoms with Gasteiger partial charge in [0.2, 0.25) is 5.91 Å². The van der Waals surface area contributed by atoms with E-state index in [0.29, 0.717) is 12.1 Å². The lowest BCUT2D eigenvalue weighted by Gasteiger charge is -2.25. The third-order valence-corrected chi connectivity index (χ3v) is 4.97. The SMILES string of the molecule is CB(O)[C@H](CC(C)C)NC(=O)[C@@H](CC(=O)c1cnc(-c2ccccc2)cn1)[C@@H](C)O. The van der Waals surface area contributed by atoms with Crippen LogP contribution in [-0.4, -0.2) is 50.7 Å². The highest BCUT2D eigenvalue weighted by Crippen LogP contribution is 2.18. The molecule has 0 aliphatic rings. The van der Waals surface area contributed by atoms with E-state index < -0.39 is 30.8 Å². The molecule has 1 heterocycles. The average Bonchev–Trinajstić information content (AvgIpc) is 2.71. The second-order valence-electron chi connectivity index (χ2n) is 8.11. The largest absolute Gasteiger partial charge is 0.449 e. The van der Waals surface area contributed by atoms with E-state index in [1.807, 2.05) is 44.2 Å². The predicted molar refractivity (Wildman–Crippen MR) is 117 cm³/mol. The molecule has 3 N–H and O–H groups in total. The smallest absolute Gasteiger partial charge is 0.308 e. The summed E-state index contributed by atoms with van der Waals surface area (Å²) < 4.78 is 0. The maximum Gasteiger partial charge on any atom is 0.308 e. The van der Waals surface area contributed by atoms with Gasteiger partial charge in [-0.05, 0) is 19.3 Å². The van der Waals surface area contributed by atoms with Crippen LogP contribution in [0.3, 0.4) is 0 Å². The Morgan fingerprint density at radius 3 is 2.27 bits per heavy atom. The number of aliphatic hydroxyl groups is 1. The van der Waals surface area contributed by atoms with Gasteiger partial charge in [-0.15, -0.1) is 0 Å². The lowest BCUT2D eigenvalue weighted by molar-refractivity contribution is -0.128. The van der Waals surface area contributed by atoms with Gasteiger partial charge in [-0.3, -0.25) is 14.6 Å². The third-order valence-electron chi connectivity index (χ3n) is 4.97. The number of nitrogens with zero attached hydrogens (tertiary/aromatic N) is 2. The predicted octanol–water partition coefficient (Wildman–Crippen LogP) is 2.40. The molecule has 8 heteroatoms. The van der Waals surface area contributed by atoms with Gasteiger partial charge in [0, 0.05) is 17.9 Å². The van der Waals surface area contributed by atoms with E-state index in [4.69, 9.17) is 0 Å². The zero-order chi connectivity index (χ0) is 22.3. The van der Waals surface area contributed by atoms with Gasteiger partial charge in [0.25, 0.3) is 0 Å². The number of carbonyl (C=O) groups is 2. The van der Waals surface area contributed by atoms with Crippen molar-refractivity contribution in [3.05, 3.63) is 48.4 Å². The van der Waals surface area contributed by atoms with E-state index in [1.54, 1.807) is 6.82 Å². The first-order valence-corrected chi connectivity index (χ1v) is 10.3. The monoisotopic (exact) mass is 411 g/mol. The van der Waals surface area contributed by atoms with Crippen LogP contribution in [0.15, 0.2) is 42.7 Å². The Kier molecular flexibility index (Phi) is 8.68. The summed E-state index contributed by atoms with van der Waals surface area (Å²) in [7, 11) is 0. The number of nitrogens with one attached hydrogen (secondary N) is 1. The molecule has 1 aromatic heterocycles. The molecule has 0 aliphatic heterocycles. The molecule has 0 aliphatic carbocycles. The number of benzene rings is 1. The van der Waals surface area contributed by atoms with Gasteiger partial charge in [-0.1, -0.05) is 51.0 Å². The molecule has 0 radical (unpaired) electrons. The number of Topliss-reactive ketones (excluding diaryl/α,β-unsaturated/α-hetero) is 1. The lowest BCUT2D eigenvalue weighted by atomic mass is 9.61. The van der Waals surface area contributed by atoms with Gasteiger partial charge in [-0.2, -0.15) is 0 Å². The Hall–Kier alpha value is -2.58. The van der Waals surface area contributed by atoms with E-state index in [2.05, 4.69) is 15.3 Å². The molecule has 1 aromatic carbocycles. The van der Waals surface area contributed by atoms with E-state index in [9.17, 15) is 19.7 Å². The number of hydrogen-bond acceptors (Lipinski definition) is 6. The number of aromatic nitrogens is 2. The molecule has 3 atom stereocenters. The van der Waals surface area contributed by atoms with Crippen LogP contribution in [0.25, 0.3) is 11.3 Å². The van der Waals surface area contributed by atoms with Crippen molar-refractivity contribution in [2.75, 3.05) is 0 Å². The molecule has 1 amide bonds. The molecular weight excluding hydrogens is 381 g/mol. The average molecular weight is 411 g/mol. The van der Waals surface area contributed by atoms with Crippen molar-refractivity contribution in [2.45, 2.75) is 52.5 Å². The van der Waals surface area contributed by atoms with Crippen molar-refractivity contribution in [3.8, 4) is 11.3 Å². The summed E-state index contributed by atoms with van der Waals surface area (Å²) in [5, 5.41) is 22.8. The molecule has 2 aromatic rings. The summed E-state index contributed by atoms with van der Waals surface area (Å²) in [5.74, 6) is -1.95. The van der Waals surface area contributed by atoms with Gasteiger partial charge in [0.05, 0.1) is 30.1 Å². The third kappa shape index (κ3) is 6.74. The maximum absolute atomic E-state index is 12.7. The van der Waals surface area contributed by atoms with Gasteiger partial charge >= 0.3 is 6.92 Å². The second kappa shape index (κ2) is 11.0. The maximum atomic E-state index is 12.7. The van der Waals surface area contributed by atoms with Crippen molar-refractivity contribution in [2.24, 2.45) is 11.8 Å². The molecule has 0 fully saturated rings. The highest BCUT2D eigenvalue weighted by Gasteiger charge is 2.31. The zero-order valence-corrected chi connectivity index (χ0v) is 17.9. The molecule has 0 spiro atoms. The molecule has 0 bridgehead atoms. The lowest BCUT2D eigenvalue weighted by Crippen LogP contribution is -2.49. The van der Waals surface area contributed by atoms with Crippen molar-refractivity contribution in [1.29, 1.82) is 0 Å². The van der Waals surface area contributed by atoms with E-state index >= 15 is 0 Å². The molecule has 7 nitrogen and oxygen atoms in total. The molecule has 0 unspecified atom stereocenters. The molecule has 2 rings (SSSR count). The van der Waals surface area contributed by atoms with Crippen molar-refractivity contribution in [3.63, 3.8) is 0 Å². The summed E-state index contributed by atoms with van der Waals surface area (Å²) in [6.07, 6.45) is 2.28. The zero-order valence-electron chi connectivity index (χ0n) is 17.9. The number of ketones is 1. The van der Waals surface area contributed by atoms with Gasteiger partial charge in [0.1, 0.15) is 5.69 Å². The summed E-state index contributed by atoms with van der Waals surface area (Å²) in [6, 6.07) is 9.48. The van der Waals surface area contributed by atoms with Crippen molar-refractivity contribution >= 4 is 18.6 Å². The van der Waals surface area contributed by atoms with Crippen molar-refractivity contribution in [1.82, 2.24) is 15.3 Å². The van der Waals surface area contributed by atoms with Crippen LogP contribution in [0.1, 0.15) is 44.1 Å². The Morgan fingerprint density at radius 1 is 1.10 bits per heavy atom. The first kappa shape index (κ1) is 23.7. The van der Waals surface area contributed by atoms with E-state index in [1.165, 1.54) is 19.3 Å².